The number of rotatable bonds is 5. The van der Waals surface area contributed by atoms with Crippen LogP contribution in [-0.4, -0.2) is 20.8 Å². The molecule has 0 fully saturated rings. The summed E-state index contributed by atoms with van der Waals surface area (Å²) in [6, 6.07) is 75.0. The fourth-order valence-corrected chi connectivity index (χ4v) is 10.9. The van der Waals surface area contributed by atoms with Gasteiger partial charge in [-0.2, -0.15) is 0 Å². The van der Waals surface area contributed by atoms with Crippen molar-refractivity contribution in [1.82, 2.24) is 14.5 Å². The van der Waals surface area contributed by atoms with Crippen LogP contribution in [0.5, 0.6) is 0 Å². The van der Waals surface area contributed by atoms with Crippen molar-refractivity contribution in [2.45, 2.75) is 6.17 Å². The summed E-state index contributed by atoms with van der Waals surface area (Å²) < 4.78 is 17.8. The highest BCUT2D eigenvalue weighted by atomic mass is 16.3. The van der Waals surface area contributed by atoms with Crippen molar-refractivity contribution in [3.63, 3.8) is 0 Å². The number of nitrogens with one attached hydrogen (secondary N) is 1. The molecule has 0 aliphatic carbocycles. The fraction of sp³-hybridized carbons (Fsp3) is 0.0164. The predicted octanol–water partition coefficient (Wildman–Crippen LogP) is 15.3. The molecule has 0 bridgehead atoms. The van der Waals surface area contributed by atoms with Gasteiger partial charge in [-0.3, -0.25) is 0 Å². The molecule has 0 radical (unpaired) electrons. The lowest BCUT2D eigenvalue weighted by molar-refractivity contribution is 0.663. The van der Waals surface area contributed by atoms with Gasteiger partial charge < -0.3 is 23.3 Å². The third-order valence-corrected chi connectivity index (χ3v) is 13.9. The van der Waals surface area contributed by atoms with E-state index in [1.54, 1.807) is 0 Å². The first-order chi connectivity index (χ1) is 33.7. The van der Waals surface area contributed by atoms with Crippen molar-refractivity contribution in [3.05, 3.63) is 229 Å². The largest absolute Gasteiger partial charge is 0.456 e. The second-order valence-corrected chi connectivity index (χ2v) is 17.8. The number of hydrogen-bond acceptors (Lipinski definition) is 5. The molecular formula is C61H37N5O2. The lowest BCUT2D eigenvalue weighted by atomic mass is 10.0. The lowest BCUT2D eigenvalue weighted by Crippen LogP contribution is -2.33. The minimum Gasteiger partial charge on any atom is -0.456 e. The van der Waals surface area contributed by atoms with Gasteiger partial charge in [0, 0.05) is 66.0 Å². The zero-order valence-electron chi connectivity index (χ0n) is 36.4. The molecule has 14 aromatic rings. The third-order valence-electron chi connectivity index (χ3n) is 13.9. The Bertz CT molecular complexity index is 4490. The van der Waals surface area contributed by atoms with Crippen LogP contribution in [0, 0.1) is 0 Å². The molecule has 7 heteroatoms. The summed E-state index contributed by atoms with van der Waals surface area (Å²) in [5.41, 5.74) is 12.6. The molecule has 1 aliphatic rings. The van der Waals surface area contributed by atoms with Crippen LogP contribution in [0.2, 0.25) is 0 Å². The molecule has 1 aliphatic heterocycles. The molecule has 0 saturated heterocycles. The van der Waals surface area contributed by atoms with Crippen LogP contribution < -0.4 is 5.32 Å². The van der Waals surface area contributed by atoms with Crippen molar-refractivity contribution < 1.29 is 8.83 Å². The van der Waals surface area contributed by atoms with Crippen molar-refractivity contribution >= 4 is 110 Å². The normalized spacial score (nSPS) is 14.3. The van der Waals surface area contributed by atoms with Gasteiger partial charge in [0.1, 0.15) is 34.3 Å². The van der Waals surface area contributed by atoms with E-state index in [9.17, 15) is 0 Å². The Morgan fingerprint density at radius 3 is 1.81 bits per heavy atom. The highest BCUT2D eigenvalue weighted by molar-refractivity contribution is 6.23. The summed E-state index contributed by atoms with van der Waals surface area (Å²) in [4.78, 5) is 11.1. The number of aliphatic imine (C=N–C) groups is 2. The predicted molar refractivity (Wildman–Crippen MR) is 279 cm³/mol. The highest BCUT2D eigenvalue weighted by Crippen LogP contribution is 2.41. The van der Waals surface area contributed by atoms with Crippen LogP contribution in [0.4, 0.5) is 0 Å². The Morgan fingerprint density at radius 1 is 0.397 bits per heavy atom. The Hall–Kier alpha value is -9.20. The van der Waals surface area contributed by atoms with E-state index in [0.717, 1.165) is 94.0 Å². The number of furan rings is 2. The standard InChI is InChI=1S/C61H37N5O2/c1-2-16-40(17-3-1)65-50-22-10-6-18-42(50)44-28-26-39(33-52(44)65)60-62-59(38-27-29-56-48(31-38)45-20-8-12-24-54(45)67-56)63-61(64-60)49-34-41(35-57-58(49)46-21-9-13-25-55(46)68-57)66-51-23-11-7-19-43(51)47-30-36-14-4-5-15-37(36)32-53(47)66/h1-35,59H,(H,62,63,64). The Kier molecular flexibility index (Phi) is 7.71. The van der Waals surface area contributed by atoms with E-state index in [4.69, 9.17) is 18.8 Å². The van der Waals surface area contributed by atoms with Crippen molar-refractivity contribution in [2.24, 2.45) is 9.98 Å². The maximum absolute atomic E-state index is 6.81. The van der Waals surface area contributed by atoms with Gasteiger partial charge in [-0.1, -0.05) is 133 Å². The van der Waals surface area contributed by atoms with Crippen LogP contribution in [-0.2, 0) is 0 Å². The number of aromatic nitrogens is 2. The van der Waals surface area contributed by atoms with E-state index in [1.807, 2.05) is 24.3 Å². The first-order valence-corrected chi connectivity index (χ1v) is 23.0. The quantitative estimate of drug-likeness (QED) is 0.187. The van der Waals surface area contributed by atoms with Crippen LogP contribution >= 0.6 is 0 Å². The summed E-state index contributed by atoms with van der Waals surface area (Å²) >= 11 is 0. The third kappa shape index (κ3) is 5.47. The number of benzene rings is 10. The molecule has 1 N–H and O–H groups in total. The van der Waals surface area contributed by atoms with E-state index < -0.39 is 6.17 Å². The SMILES string of the molecule is c1ccc(-n2c3ccccc3c3ccc(C4=NC(c5ccc6oc7ccccc7c6c5)NC(c5cc(-n6c7ccccc7c7cc8ccccc8cc76)cc6oc7ccccc7c56)=N4)cc32)cc1. The Labute approximate surface area is 388 Å². The van der Waals surface area contributed by atoms with Gasteiger partial charge in [0.25, 0.3) is 0 Å². The van der Waals surface area contributed by atoms with Crippen LogP contribution in [0.25, 0.3) is 110 Å². The zero-order valence-corrected chi connectivity index (χ0v) is 36.4. The van der Waals surface area contributed by atoms with E-state index in [1.165, 1.54) is 32.3 Å². The highest BCUT2D eigenvalue weighted by Gasteiger charge is 2.27. The van der Waals surface area contributed by atoms with Gasteiger partial charge in [0.2, 0.25) is 0 Å². The molecule has 1 atom stereocenters. The molecule has 5 heterocycles. The number of fused-ring (bicyclic) bond motifs is 13. The maximum Gasteiger partial charge on any atom is 0.159 e. The second-order valence-electron chi connectivity index (χ2n) is 17.8. The van der Waals surface area contributed by atoms with Gasteiger partial charge in [-0.25, -0.2) is 9.98 Å². The smallest absolute Gasteiger partial charge is 0.159 e. The van der Waals surface area contributed by atoms with Gasteiger partial charge in [0.05, 0.1) is 27.8 Å². The second kappa shape index (κ2) is 14.1. The number of para-hydroxylation sites is 5. The minimum atomic E-state index is -0.497. The monoisotopic (exact) mass is 871 g/mol. The van der Waals surface area contributed by atoms with Gasteiger partial charge >= 0.3 is 0 Å². The van der Waals surface area contributed by atoms with E-state index >= 15 is 0 Å². The Morgan fingerprint density at radius 2 is 1.00 bits per heavy atom. The van der Waals surface area contributed by atoms with Crippen LogP contribution in [0.15, 0.2) is 231 Å². The van der Waals surface area contributed by atoms with E-state index in [2.05, 4.69) is 203 Å². The zero-order chi connectivity index (χ0) is 44.5. The van der Waals surface area contributed by atoms with Gasteiger partial charge in [-0.05, 0) is 89.1 Å². The summed E-state index contributed by atoms with van der Waals surface area (Å²) in [7, 11) is 0. The number of amidine groups is 2. The molecule has 0 saturated carbocycles. The summed E-state index contributed by atoms with van der Waals surface area (Å²) in [6.07, 6.45) is -0.497. The molecule has 0 spiro atoms. The fourth-order valence-electron chi connectivity index (χ4n) is 10.9. The summed E-state index contributed by atoms with van der Waals surface area (Å²) in [5.74, 6) is 1.33. The van der Waals surface area contributed by atoms with Crippen molar-refractivity contribution in [2.75, 3.05) is 0 Å². The first kappa shape index (κ1) is 37.1. The number of hydrogen-bond donors (Lipinski definition) is 1. The molecule has 0 amide bonds. The van der Waals surface area contributed by atoms with Crippen molar-refractivity contribution in [3.8, 4) is 11.4 Å². The average Bonchev–Trinajstić information content (AvgIpc) is 4.15. The first-order valence-electron chi connectivity index (χ1n) is 23.0. The van der Waals surface area contributed by atoms with Gasteiger partial charge in [0.15, 0.2) is 5.84 Å². The van der Waals surface area contributed by atoms with Crippen LogP contribution in [0.3, 0.4) is 0 Å². The Balaban J connectivity index is 0.996. The van der Waals surface area contributed by atoms with Crippen LogP contribution in [0.1, 0.15) is 22.9 Å². The maximum atomic E-state index is 6.81. The lowest BCUT2D eigenvalue weighted by Gasteiger charge is -2.24. The topological polar surface area (TPSA) is 72.9 Å². The molecular weight excluding hydrogens is 835 g/mol. The summed E-state index contributed by atoms with van der Waals surface area (Å²) in [6.45, 7) is 0. The molecule has 1 unspecified atom stereocenters. The molecule has 68 heavy (non-hydrogen) atoms. The molecule has 4 aromatic heterocycles. The van der Waals surface area contributed by atoms with Gasteiger partial charge in [-0.15, -0.1) is 0 Å². The van der Waals surface area contributed by atoms with E-state index in [0.29, 0.717) is 11.7 Å². The summed E-state index contributed by atoms with van der Waals surface area (Å²) in [5, 5.41) is 15.1. The minimum absolute atomic E-state index is 0.497. The number of nitrogens with zero attached hydrogens (tertiary/aromatic N) is 4. The average molecular weight is 872 g/mol. The molecule has 15 rings (SSSR count). The molecule has 318 valence electrons. The molecule has 10 aromatic carbocycles. The molecule has 7 nitrogen and oxygen atoms in total. The van der Waals surface area contributed by atoms with E-state index in [-0.39, 0.29) is 0 Å². The van der Waals surface area contributed by atoms with Crippen molar-refractivity contribution in [1.29, 1.82) is 0 Å².